The molecule has 2 spiro atoms. The van der Waals surface area contributed by atoms with Gasteiger partial charge < -0.3 is 19.8 Å². The Morgan fingerprint density at radius 2 is 1.94 bits per heavy atom. The summed E-state index contributed by atoms with van der Waals surface area (Å²) in [7, 11) is 3.96. The van der Waals surface area contributed by atoms with Gasteiger partial charge in [-0.25, -0.2) is 0 Å². The third-order valence-electron chi connectivity index (χ3n) is 10.3. The smallest absolute Gasteiger partial charge is 0.105 e. The highest BCUT2D eigenvalue weighted by atomic mass is 16.5. The van der Waals surface area contributed by atoms with Gasteiger partial charge in [0, 0.05) is 29.8 Å². The minimum absolute atomic E-state index is 0.0835. The fourth-order valence-electron chi connectivity index (χ4n) is 8.05. The monoisotopic (exact) mass is 474 g/mol. The second kappa shape index (κ2) is 7.48. The van der Waals surface area contributed by atoms with Crippen LogP contribution in [0.4, 0.5) is 0 Å². The number of aliphatic hydroxyl groups excluding tert-OH is 2. The maximum atomic E-state index is 11.2. The predicted molar refractivity (Wildman–Crippen MR) is 137 cm³/mol. The number of aromatic nitrogens is 1. The SMILES string of the molecule is CN(C)[C@H]1C[C@@]23CC[C@@]4(O2)C(=CC(C)(C)[C@]2(C)C(/C=C/c5cccnc5)=CCC42)C=C3[C@@H](O)[C@@H]1O. The molecule has 6 rings (SSSR count). The van der Waals surface area contributed by atoms with E-state index in [1.54, 1.807) is 6.20 Å². The fraction of sp³-hybridized carbons (Fsp3) is 0.567. The second-order valence-electron chi connectivity index (χ2n) is 12.3. The number of fused-ring (bicyclic) bond motifs is 1. The number of hydrogen-bond donors (Lipinski definition) is 2. The summed E-state index contributed by atoms with van der Waals surface area (Å²) in [5, 5.41) is 22.1. The summed E-state index contributed by atoms with van der Waals surface area (Å²) in [5.74, 6) is 0.317. The lowest BCUT2D eigenvalue weighted by atomic mass is 9.49. The van der Waals surface area contributed by atoms with Crippen molar-refractivity contribution in [3.63, 3.8) is 0 Å². The molecule has 2 aliphatic heterocycles. The summed E-state index contributed by atoms with van der Waals surface area (Å²) in [5.41, 5.74) is 3.51. The van der Waals surface area contributed by atoms with E-state index >= 15 is 0 Å². The highest BCUT2D eigenvalue weighted by Gasteiger charge is 2.69. The molecule has 5 heteroatoms. The van der Waals surface area contributed by atoms with E-state index in [0.717, 1.165) is 30.4 Å². The quantitative estimate of drug-likeness (QED) is 0.684. The topological polar surface area (TPSA) is 65.8 Å². The minimum atomic E-state index is -0.899. The summed E-state index contributed by atoms with van der Waals surface area (Å²) in [6.07, 6.45) is 17.0. The molecule has 5 aliphatic rings. The average molecular weight is 475 g/mol. The number of allylic oxidation sites excluding steroid dienone is 4. The largest absolute Gasteiger partial charge is 0.388 e. The maximum Gasteiger partial charge on any atom is 0.105 e. The van der Waals surface area contributed by atoms with E-state index < -0.39 is 17.8 Å². The molecule has 3 aliphatic carbocycles. The van der Waals surface area contributed by atoms with Gasteiger partial charge >= 0.3 is 0 Å². The molecule has 2 bridgehead atoms. The van der Waals surface area contributed by atoms with Gasteiger partial charge in [-0.15, -0.1) is 0 Å². The Morgan fingerprint density at radius 3 is 2.66 bits per heavy atom. The summed E-state index contributed by atoms with van der Waals surface area (Å²) < 4.78 is 7.26. The van der Waals surface area contributed by atoms with Crippen molar-refractivity contribution < 1.29 is 14.9 Å². The number of ether oxygens (including phenoxy) is 1. The highest BCUT2D eigenvalue weighted by molar-refractivity contribution is 5.58. The summed E-state index contributed by atoms with van der Waals surface area (Å²) in [4.78, 5) is 6.29. The molecule has 2 N–H and O–H groups in total. The Morgan fingerprint density at radius 1 is 1.14 bits per heavy atom. The van der Waals surface area contributed by atoms with E-state index in [2.05, 4.69) is 62.2 Å². The summed E-state index contributed by atoms with van der Waals surface area (Å²) in [6, 6.07) is 3.93. The van der Waals surface area contributed by atoms with Crippen LogP contribution in [0.15, 0.2) is 65.5 Å². The lowest BCUT2D eigenvalue weighted by Crippen LogP contribution is -2.63. The Bertz CT molecular complexity index is 1170. The Balaban J connectivity index is 1.43. The average Bonchev–Trinajstić information content (AvgIpc) is 3.34. The van der Waals surface area contributed by atoms with Gasteiger partial charge in [0.25, 0.3) is 0 Å². The molecule has 0 aromatic carbocycles. The van der Waals surface area contributed by atoms with Crippen molar-refractivity contribution in [1.29, 1.82) is 0 Å². The zero-order chi connectivity index (χ0) is 24.8. The van der Waals surface area contributed by atoms with Crippen LogP contribution >= 0.6 is 0 Å². The fourth-order valence-corrected chi connectivity index (χ4v) is 8.05. The number of pyridine rings is 1. The Kier molecular flexibility index (Phi) is 4.99. The highest BCUT2D eigenvalue weighted by Crippen LogP contribution is 2.70. The molecular formula is C30H38N2O3. The van der Waals surface area contributed by atoms with Gasteiger partial charge in [-0.3, -0.25) is 4.98 Å². The van der Waals surface area contributed by atoms with E-state index in [0.29, 0.717) is 12.3 Å². The van der Waals surface area contributed by atoms with E-state index in [1.165, 1.54) is 11.1 Å². The molecule has 1 saturated heterocycles. The summed E-state index contributed by atoms with van der Waals surface area (Å²) in [6.45, 7) is 7.09. The van der Waals surface area contributed by atoms with Crippen LogP contribution in [0.2, 0.25) is 0 Å². The zero-order valence-electron chi connectivity index (χ0n) is 21.5. The molecule has 3 heterocycles. The van der Waals surface area contributed by atoms with Gasteiger partial charge in [-0.2, -0.15) is 0 Å². The number of likely N-dealkylation sites (N-methyl/N-ethyl adjacent to an activating group) is 1. The first-order valence-electron chi connectivity index (χ1n) is 13.0. The van der Waals surface area contributed by atoms with Gasteiger partial charge in [-0.05, 0) is 73.5 Å². The Hall–Kier alpha value is -2.05. The van der Waals surface area contributed by atoms with Crippen LogP contribution in [0.3, 0.4) is 0 Å². The first kappa shape index (κ1) is 23.4. The van der Waals surface area contributed by atoms with Gasteiger partial charge in [-0.1, -0.05) is 57.2 Å². The number of nitrogens with zero attached hydrogens (tertiary/aromatic N) is 2. The van der Waals surface area contributed by atoms with E-state index in [9.17, 15) is 10.2 Å². The molecule has 186 valence electrons. The molecule has 35 heavy (non-hydrogen) atoms. The predicted octanol–water partition coefficient (Wildman–Crippen LogP) is 4.30. The minimum Gasteiger partial charge on any atom is -0.388 e. The molecule has 1 saturated carbocycles. The normalized spacial score (nSPS) is 43.4. The van der Waals surface area contributed by atoms with E-state index in [-0.39, 0.29) is 22.5 Å². The molecule has 1 aromatic rings. The van der Waals surface area contributed by atoms with Crippen molar-refractivity contribution >= 4 is 6.08 Å². The molecule has 0 amide bonds. The van der Waals surface area contributed by atoms with Crippen molar-refractivity contribution in [3.05, 3.63) is 71.1 Å². The van der Waals surface area contributed by atoms with Crippen LogP contribution < -0.4 is 0 Å². The van der Waals surface area contributed by atoms with Crippen molar-refractivity contribution in [2.24, 2.45) is 16.7 Å². The van der Waals surface area contributed by atoms with Gasteiger partial charge in [0.05, 0.1) is 17.3 Å². The third kappa shape index (κ3) is 2.99. The van der Waals surface area contributed by atoms with Crippen LogP contribution in [0, 0.1) is 16.7 Å². The molecular weight excluding hydrogens is 436 g/mol. The molecule has 5 nitrogen and oxygen atoms in total. The number of aliphatic hydroxyl groups is 2. The molecule has 1 unspecified atom stereocenters. The number of hydrogen-bond acceptors (Lipinski definition) is 5. The van der Waals surface area contributed by atoms with Crippen molar-refractivity contribution in [3.8, 4) is 0 Å². The number of rotatable bonds is 3. The van der Waals surface area contributed by atoms with Gasteiger partial charge in [0.15, 0.2) is 0 Å². The van der Waals surface area contributed by atoms with Crippen LogP contribution in [0.1, 0.15) is 52.0 Å². The molecule has 0 radical (unpaired) electrons. The standard InChI is InChI=1S/C30H38N2O3/c1-27(2)16-21-15-22-25(33)26(34)23(32(4)5)17-29(22)12-13-30(21,35-29)24-11-10-20(28(24,27)3)9-8-19-7-6-14-31-18-19/h6-10,14-16,18,23-26,33-34H,11-13,17H2,1-5H3/b9-8+/t23-,24?,25+,26+,28+,29+,30+/m0/s1. The molecule has 1 aromatic heterocycles. The van der Waals surface area contributed by atoms with Crippen molar-refractivity contribution in [2.45, 2.75) is 75.9 Å². The van der Waals surface area contributed by atoms with Crippen molar-refractivity contribution in [2.75, 3.05) is 14.1 Å². The molecule has 2 fully saturated rings. The van der Waals surface area contributed by atoms with Gasteiger partial charge in [0.1, 0.15) is 6.10 Å². The van der Waals surface area contributed by atoms with Crippen LogP contribution in [0.5, 0.6) is 0 Å². The molecule has 7 atom stereocenters. The third-order valence-corrected chi connectivity index (χ3v) is 10.3. The van der Waals surface area contributed by atoms with Gasteiger partial charge in [0.2, 0.25) is 0 Å². The zero-order valence-corrected chi connectivity index (χ0v) is 21.5. The lowest BCUT2D eigenvalue weighted by molar-refractivity contribution is -0.171. The summed E-state index contributed by atoms with van der Waals surface area (Å²) >= 11 is 0. The van der Waals surface area contributed by atoms with E-state index in [1.807, 2.05) is 31.3 Å². The Labute approximate surface area is 208 Å². The first-order chi connectivity index (χ1) is 16.5. The van der Waals surface area contributed by atoms with Crippen LogP contribution in [-0.2, 0) is 4.74 Å². The van der Waals surface area contributed by atoms with Crippen LogP contribution in [-0.4, -0.2) is 63.6 Å². The van der Waals surface area contributed by atoms with Crippen LogP contribution in [0.25, 0.3) is 6.08 Å². The lowest BCUT2D eigenvalue weighted by Gasteiger charge is -2.60. The second-order valence-corrected chi connectivity index (χ2v) is 12.3. The maximum absolute atomic E-state index is 11.2. The van der Waals surface area contributed by atoms with Crippen molar-refractivity contribution in [1.82, 2.24) is 9.88 Å². The van der Waals surface area contributed by atoms with E-state index in [4.69, 9.17) is 4.74 Å². The first-order valence-corrected chi connectivity index (χ1v) is 13.0.